The zero-order valence-electron chi connectivity index (χ0n) is 22.3. The number of carbonyl (C=O) groups excluding carboxylic acids is 2. The van der Waals surface area contributed by atoms with Gasteiger partial charge in [-0.15, -0.1) is 0 Å². The minimum absolute atomic E-state index is 0.0172. The maximum Gasteiger partial charge on any atom is 0.251 e. The highest BCUT2D eigenvalue weighted by atomic mass is 19.1. The van der Waals surface area contributed by atoms with Gasteiger partial charge >= 0.3 is 0 Å². The molecule has 2 aromatic rings. The summed E-state index contributed by atoms with van der Waals surface area (Å²) in [6.07, 6.45) is 3.45. The second-order valence-electron chi connectivity index (χ2n) is 10.0. The Balaban J connectivity index is 1.62. The number of hydrogen-bond acceptors (Lipinski definition) is 5. The van der Waals surface area contributed by atoms with Crippen molar-refractivity contribution < 1.29 is 23.5 Å². The lowest BCUT2D eigenvalue weighted by atomic mass is 9.86. The molecule has 1 fully saturated rings. The van der Waals surface area contributed by atoms with Gasteiger partial charge in [0.2, 0.25) is 5.91 Å². The first-order chi connectivity index (χ1) is 18.3. The van der Waals surface area contributed by atoms with Crippen molar-refractivity contribution in [2.75, 3.05) is 20.3 Å². The van der Waals surface area contributed by atoms with Crippen molar-refractivity contribution >= 4 is 17.8 Å². The third kappa shape index (κ3) is 5.83. The first kappa shape index (κ1) is 27.6. The largest absolute Gasteiger partial charge is 0.493 e. The molecule has 9 heteroatoms. The molecule has 3 N–H and O–H groups in total. The molecule has 2 heterocycles. The molecule has 0 bridgehead atoms. The molecule has 0 aliphatic carbocycles. The fourth-order valence-corrected chi connectivity index (χ4v) is 5.39. The van der Waals surface area contributed by atoms with Gasteiger partial charge in [-0.25, -0.2) is 4.39 Å². The second kappa shape index (κ2) is 11.9. The molecule has 0 spiro atoms. The number of benzene rings is 2. The molecule has 2 aliphatic heterocycles. The van der Waals surface area contributed by atoms with Gasteiger partial charge in [0, 0.05) is 30.4 Å². The quantitative estimate of drug-likeness (QED) is 0.435. The van der Waals surface area contributed by atoms with Crippen LogP contribution < -0.4 is 15.4 Å². The maximum absolute atomic E-state index is 14.9. The zero-order valence-corrected chi connectivity index (χ0v) is 22.3. The predicted octanol–water partition coefficient (Wildman–Crippen LogP) is 4.86. The molecule has 0 radical (unpaired) electrons. The number of hydrogen-bond donors (Lipinski definition) is 3. The highest BCUT2D eigenvalue weighted by Gasteiger charge is 2.42. The van der Waals surface area contributed by atoms with Crippen molar-refractivity contribution in [2.45, 2.75) is 70.0 Å². The molecule has 2 aliphatic rings. The molecule has 8 nitrogen and oxygen atoms in total. The van der Waals surface area contributed by atoms with E-state index in [1.807, 2.05) is 38.1 Å². The standard InChI is InChI=1S/C29H37FN4O4/c1-4-29(5-2)18-26(35)34(28(31)33-29)24(12-14-37-3)19-15-20(17-21(30)16-19)27(36)32-23-10-8-13-38-25-11-7-6-9-22(23)25/h6-7,9,11,15-17,23-24H,4-5,8,10,12-14,18H2,1-3H3,(H2,31,33)(H,32,36). The van der Waals surface area contributed by atoms with Crippen molar-refractivity contribution in [1.29, 1.82) is 5.41 Å². The van der Waals surface area contributed by atoms with Crippen molar-refractivity contribution in [1.82, 2.24) is 15.5 Å². The lowest BCUT2D eigenvalue weighted by Crippen LogP contribution is -2.62. The van der Waals surface area contributed by atoms with Gasteiger partial charge in [0.1, 0.15) is 11.6 Å². The molecule has 1 saturated heterocycles. The maximum atomic E-state index is 14.9. The number of rotatable bonds is 9. The highest BCUT2D eigenvalue weighted by molar-refractivity contribution is 6.00. The minimum Gasteiger partial charge on any atom is -0.493 e. The molecule has 2 unspecified atom stereocenters. The van der Waals surface area contributed by atoms with E-state index in [0.717, 1.165) is 17.7 Å². The lowest BCUT2D eigenvalue weighted by Gasteiger charge is -2.45. The Kier molecular flexibility index (Phi) is 8.66. The van der Waals surface area contributed by atoms with E-state index < -0.39 is 23.3 Å². The zero-order chi connectivity index (χ0) is 27.3. The van der Waals surface area contributed by atoms with Crippen LogP contribution in [-0.2, 0) is 9.53 Å². The van der Waals surface area contributed by atoms with Crippen LogP contribution in [0, 0.1) is 11.2 Å². The average Bonchev–Trinajstić information content (AvgIpc) is 3.11. The van der Waals surface area contributed by atoms with Crippen molar-refractivity contribution in [2.24, 2.45) is 0 Å². The Hall–Kier alpha value is -3.46. The first-order valence-corrected chi connectivity index (χ1v) is 13.3. The summed E-state index contributed by atoms with van der Waals surface area (Å²) < 4.78 is 26.0. The van der Waals surface area contributed by atoms with E-state index in [-0.39, 0.29) is 29.9 Å². The molecule has 2 atom stereocenters. The molecule has 4 rings (SSSR count). The summed E-state index contributed by atoms with van der Waals surface area (Å²) in [6, 6.07) is 10.8. The van der Waals surface area contributed by atoms with Crippen LogP contribution >= 0.6 is 0 Å². The number of nitrogens with one attached hydrogen (secondary N) is 3. The monoisotopic (exact) mass is 524 g/mol. The Labute approximate surface area is 223 Å². The van der Waals surface area contributed by atoms with Crippen LogP contribution in [0.5, 0.6) is 5.75 Å². The van der Waals surface area contributed by atoms with Crippen LogP contribution in [0.3, 0.4) is 0 Å². The Morgan fingerprint density at radius 1 is 1.29 bits per heavy atom. The number of fused-ring (bicyclic) bond motifs is 1. The molecule has 0 aromatic heterocycles. The minimum atomic E-state index is -0.664. The summed E-state index contributed by atoms with van der Waals surface area (Å²) in [5, 5.41) is 14.9. The molecule has 0 saturated carbocycles. The van der Waals surface area contributed by atoms with Crippen molar-refractivity contribution in [3.05, 3.63) is 65.0 Å². The molecular formula is C29H37FN4O4. The number of nitrogens with zero attached hydrogens (tertiary/aromatic N) is 1. The van der Waals surface area contributed by atoms with Gasteiger partial charge in [0.25, 0.3) is 5.91 Å². The van der Waals surface area contributed by atoms with E-state index >= 15 is 0 Å². The summed E-state index contributed by atoms with van der Waals surface area (Å²) in [7, 11) is 1.55. The van der Waals surface area contributed by atoms with Crippen LogP contribution in [0.2, 0.25) is 0 Å². The number of ether oxygens (including phenoxy) is 2. The fourth-order valence-electron chi connectivity index (χ4n) is 5.39. The summed E-state index contributed by atoms with van der Waals surface area (Å²) >= 11 is 0. The smallest absolute Gasteiger partial charge is 0.251 e. The third-order valence-electron chi connectivity index (χ3n) is 7.70. The predicted molar refractivity (Wildman–Crippen MR) is 143 cm³/mol. The van der Waals surface area contributed by atoms with Crippen molar-refractivity contribution in [3.8, 4) is 5.75 Å². The summed E-state index contributed by atoms with van der Waals surface area (Å²) in [6.45, 7) is 4.85. The molecule has 2 amide bonds. The summed E-state index contributed by atoms with van der Waals surface area (Å²) in [5.41, 5.74) is 1.02. The fraction of sp³-hybridized carbons (Fsp3) is 0.483. The lowest BCUT2D eigenvalue weighted by molar-refractivity contribution is -0.133. The van der Waals surface area contributed by atoms with E-state index in [2.05, 4.69) is 10.6 Å². The SMILES string of the molecule is CCC1(CC)CC(=O)N(C(CCOC)c2cc(F)cc(C(=O)NC3CCCOc4ccccc43)c2)C(=N)N1. The third-order valence-corrected chi connectivity index (χ3v) is 7.70. The van der Waals surface area contributed by atoms with Crippen LogP contribution in [0.25, 0.3) is 0 Å². The van der Waals surface area contributed by atoms with Crippen LogP contribution in [0.4, 0.5) is 4.39 Å². The first-order valence-electron chi connectivity index (χ1n) is 13.3. The van der Waals surface area contributed by atoms with E-state index in [1.165, 1.54) is 17.0 Å². The summed E-state index contributed by atoms with van der Waals surface area (Å²) in [4.78, 5) is 28.1. The van der Waals surface area contributed by atoms with Gasteiger partial charge < -0.3 is 20.1 Å². The van der Waals surface area contributed by atoms with Crippen LogP contribution in [0.15, 0.2) is 42.5 Å². The number of carbonyl (C=O) groups is 2. The number of halogens is 1. The Morgan fingerprint density at radius 3 is 2.76 bits per heavy atom. The number of guanidine groups is 1. The topological polar surface area (TPSA) is 104 Å². The van der Waals surface area contributed by atoms with Crippen LogP contribution in [0.1, 0.15) is 85.9 Å². The van der Waals surface area contributed by atoms with Gasteiger partial charge in [-0.3, -0.25) is 19.9 Å². The summed E-state index contributed by atoms with van der Waals surface area (Å²) in [5.74, 6) is -0.479. The number of amides is 2. The van der Waals surface area contributed by atoms with E-state index in [1.54, 1.807) is 13.2 Å². The highest BCUT2D eigenvalue weighted by Crippen LogP contribution is 2.34. The van der Waals surface area contributed by atoms with E-state index in [4.69, 9.17) is 14.9 Å². The van der Waals surface area contributed by atoms with Gasteiger partial charge in [0.05, 0.1) is 25.1 Å². The number of para-hydroxylation sites is 1. The Bertz CT molecular complexity index is 1160. The molecular weight excluding hydrogens is 487 g/mol. The molecule has 2 aromatic carbocycles. The van der Waals surface area contributed by atoms with Gasteiger partial charge in [-0.1, -0.05) is 32.0 Å². The van der Waals surface area contributed by atoms with Crippen molar-refractivity contribution in [3.63, 3.8) is 0 Å². The van der Waals surface area contributed by atoms with Crippen LogP contribution in [-0.4, -0.2) is 48.5 Å². The Morgan fingerprint density at radius 2 is 2.05 bits per heavy atom. The van der Waals surface area contributed by atoms with E-state index in [9.17, 15) is 14.0 Å². The number of methoxy groups -OCH3 is 1. The van der Waals surface area contributed by atoms with Gasteiger partial charge in [-0.2, -0.15) is 0 Å². The van der Waals surface area contributed by atoms with E-state index in [0.29, 0.717) is 44.5 Å². The normalized spacial score (nSPS) is 19.6. The van der Waals surface area contributed by atoms with Gasteiger partial charge in [0.15, 0.2) is 5.96 Å². The second-order valence-corrected chi connectivity index (χ2v) is 10.0. The molecule has 204 valence electrons. The molecule has 38 heavy (non-hydrogen) atoms. The average molecular weight is 525 g/mol. The van der Waals surface area contributed by atoms with Gasteiger partial charge in [-0.05, 0) is 61.9 Å².